The molecule has 0 spiro atoms. The van der Waals surface area contributed by atoms with E-state index < -0.39 is 5.41 Å². The molecule has 1 unspecified atom stereocenters. The van der Waals surface area contributed by atoms with Gasteiger partial charge in [-0.3, -0.25) is 4.79 Å². The molecule has 3 nitrogen and oxygen atoms in total. The van der Waals surface area contributed by atoms with Crippen molar-refractivity contribution < 1.29 is 4.79 Å². The lowest BCUT2D eigenvalue weighted by molar-refractivity contribution is -0.137. The predicted octanol–water partition coefficient (Wildman–Crippen LogP) is 2.90. The number of likely N-dealkylation sites (tertiary alicyclic amines) is 1. The minimum Gasteiger partial charge on any atom is -0.340 e. The van der Waals surface area contributed by atoms with Gasteiger partial charge in [0.05, 0.1) is 5.41 Å². The highest BCUT2D eigenvalue weighted by atomic mass is 35.5. The molecule has 1 aliphatic heterocycles. The first-order chi connectivity index (χ1) is 9.45. The summed E-state index contributed by atoms with van der Waals surface area (Å²) < 4.78 is 0. The van der Waals surface area contributed by atoms with Gasteiger partial charge in [0, 0.05) is 19.1 Å². The van der Waals surface area contributed by atoms with Crippen molar-refractivity contribution in [3.63, 3.8) is 0 Å². The molecule has 0 radical (unpaired) electrons. The van der Waals surface area contributed by atoms with Gasteiger partial charge in [0.25, 0.3) is 0 Å². The molecular weight excluding hydrogens is 284 g/mol. The Labute approximate surface area is 134 Å². The van der Waals surface area contributed by atoms with Gasteiger partial charge in [-0.05, 0) is 46.2 Å². The normalized spacial score (nSPS) is 19.0. The number of benzene rings is 1. The van der Waals surface area contributed by atoms with E-state index in [0.717, 1.165) is 31.5 Å². The highest BCUT2D eigenvalue weighted by Gasteiger charge is 2.35. The van der Waals surface area contributed by atoms with Crippen LogP contribution in [0.1, 0.15) is 37.8 Å². The summed E-state index contributed by atoms with van der Waals surface area (Å²) >= 11 is 0. The monoisotopic (exact) mass is 310 g/mol. The first kappa shape index (κ1) is 18.0. The molecule has 0 bridgehead atoms. The van der Waals surface area contributed by atoms with Crippen molar-refractivity contribution in [2.75, 3.05) is 20.1 Å². The molecule has 1 N–H and O–H groups in total. The van der Waals surface area contributed by atoms with Crippen molar-refractivity contribution in [1.82, 2.24) is 10.2 Å². The van der Waals surface area contributed by atoms with Crippen LogP contribution in [-0.2, 0) is 10.2 Å². The van der Waals surface area contributed by atoms with E-state index in [4.69, 9.17) is 0 Å². The average molecular weight is 311 g/mol. The number of rotatable bonds is 3. The molecule has 1 fully saturated rings. The number of aryl methyl sites for hydroxylation is 1. The van der Waals surface area contributed by atoms with Crippen LogP contribution >= 0.6 is 12.4 Å². The third-order valence-corrected chi connectivity index (χ3v) is 4.42. The molecule has 0 aromatic heterocycles. The summed E-state index contributed by atoms with van der Waals surface area (Å²) in [4.78, 5) is 14.9. The van der Waals surface area contributed by atoms with Crippen molar-refractivity contribution in [3.8, 4) is 0 Å². The molecule has 1 heterocycles. The van der Waals surface area contributed by atoms with Gasteiger partial charge in [0.2, 0.25) is 5.91 Å². The lowest BCUT2D eigenvalue weighted by Crippen LogP contribution is -2.51. The molecule has 4 heteroatoms. The lowest BCUT2D eigenvalue weighted by atomic mass is 9.82. The van der Waals surface area contributed by atoms with Gasteiger partial charge in [0.15, 0.2) is 0 Å². The van der Waals surface area contributed by atoms with Gasteiger partial charge < -0.3 is 10.2 Å². The van der Waals surface area contributed by atoms with Crippen molar-refractivity contribution in [2.24, 2.45) is 0 Å². The van der Waals surface area contributed by atoms with Gasteiger partial charge in [0.1, 0.15) is 0 Å². The van der Waals surface area contributed by atoms with E-state index in [0.29, 0.717) is 6.04 Å². The number of hydrogen-bond acceptors (Lipinski definition) is 2. The van der Waals surface area contributed by atoms with Crippen LogP contribution in [0, 0.1) is 6.92 Å². The molecule has 1 aromatic rings. The van der Waals surface area contributed by atoms with E-state index in [1.807, 2.05) is 25.8 Å². The highest BCUT2D eigenvalue weighted by molar-refractivity contribution is 5.87. The smallest absolute Gasteiger partial charge is 0.232 e. The van der Waals surface area contributed by atoms with Crippen LogP contribution in [0.3, 0.4) is 0 Å². The van der Waals surface area contributed by atoms with Crippen molar-refractivity contribution >= 4 is 18.3 Å². The van der Waals surface area contributed by atoms with Crippen molar-refractivity contribution in [1.29, 1.82) is 0 Å². The maximum Gasteiger partial charge on any atom is 0.232 e. The number of nitrogens with zero attached hydrogens (tertiary/aromatic N) is 1. The molecule has 1 saturated heterocycles. The third kappa shape index (κ3) is 3.98. The van der Waals surface area contributed by atoms with Gasteiger partial charge >= 0.3 is 0 Å². The maximum atomic E-state index is 12.9. The molecule has 21 heavy (non-hydrogen) atoms. The van der Waals surface area contributed by atoms with E-state index in [-0.39, 0.29) is 18.3 Å². The van der Waals surface area contributed by atoms with Crippen LogP contribution in [0.5, 0.6) is 0 Å². The molecule has 0 aliphatic carbocycles. The summed E-state index contributed by atoms with van der Waals surface area (Å²) in [5.74, 6) is 0.237. The van der Waals surface area contributed by atoms with Crippen LogP contribution in [0.25, 0.3) is 0 Å². The van der Waals surface area contributed by atoms with Crippen molar-refractivity contribution in [3.05, 3.63) is 35.4 Å². The standard InChI is InChI=1S/C17H26N2O.ClH/c1-13-7-9-14(10-8-13)17(2,3)16(20)19-11-5-6-15(12-19)18-4;/h7-10,15,18H,5-6,11-12H2,1-4H3;1H. The number of amides is 1. The first-order valence-electron chi connectivity index (χ1n) is 7.49. The van der Waals surface area contributed by atoms with Gasteiger partial charge in [-0.15, -0.1) is 12.4 Å². The summed E-state index contributed by atoms with van der Waals surface area (Å²) in [5, 5.41) is 3.29. The zero-order valence-corrected chi connectivity index (χ0v) is 14.3. The highest BCUT2D eigenvalue weighted by Crippen LogP contribution is 2.27. The zero-order valence-electron chi connectivity index (χ0n) is 13.5. The van der Waals surface area contributed by atoms with Crippen LogP contribution in [0.4, 0.5) is 0 Å². The topological polar surface area (TPSA) is 32.3 Å². The Bertz CT molecular complexity index is 470. The fourth-order valence-electron chi connectivity index (χ4n) is 2.89. The van der Waals surface area contributed by atoms with Crippen LogP contribution in [0.15, 0.2) is 24.3 Å². The lowest BCUT2D eigenvalue weighted by Gasteiger charge is -2.37. The van der Waals surface area contributed by atoms with Gasteiger partial charge in [-0.25, -0.2) is 0 Å². The van der Waals surface area contributed by atoms with Gasteiger partial charge in [-0.2, -0.15) is 0 Å². The maximum absolute atomic E-state index is 12.9. The molecule has 0 saturated carbocycles. The number of hydrogen-bond donors (Lipinski definition) is 1. The van der Waals surface area contributed by atoms with Crippen LogP contribution < -0.4 is 5.32 Å². The molecule has 118 valence electrons. The van der Waals surface area contributed by atoms with Crippen LogP contribution in [0.2, 0.25) is 0 Å². The predicted molar refractivity (Wildman–Crippen MR) is 90.1 cm³/mol. The van der Waals surface area contributed by atoms with Crippen LogP contribution in [-0.4, -0.2) is 37.0 Å². The molecule has 1 aliphatic rings. The molecule has 1 aromatic carbocycles. The molecule has 2 rings (SSSR count). The van der Waals surface area contributed by atoms with Gasteiger partial charge in [-0.1, -0.05) is 29.8 Å². The number of carbonyl (C=O) groups is 1. The summed E-state index contributed by atoms with van der Waals surface area (Å²) in [5.41, 5.74) is 1.87. The SMILES string of the molecule is CNC1CCCN(C(=O)C(C)(C)c2ccc(C)cc2)C1.Cl. The van der Waals surface area contributed by atoms with Crippen molar-refractivity contribution in [2.45, 2.75) is 45.1 Å². The summed E-state index contributed by atoms with van der Waals surface area (Å²) in [7, 11) is 1.98. The summed E-state index contributed by atoms with van der Waals surface area (Å²) in [6.45, 7) is 7.84. The average Bonchev–Trinajstić information content (AvgIpc) is 2.47. The Hall–Kier alpha value is -1.06. The molecular formula is C17H27ClN2O. The van der Waals surface area contributed by atoms with E-state index in [1.54, 1.807) is 0 Å². The largest absolute Gasteiger partial charge is 0.340 e. The fourth-order valence-corrected chi connectivity index (χ4v) is 2.89. The Morgan fingerprint density at radius 1 is 1.29 bits per heavy atom. The Morgan fingerprint density at radius 3 is 2.48 bits per heavy atom. The quantitative estimate of drug-likeness (QED) is 0.931. The second kappa shape index (κ2) is 7.28. The Morgan fingerprint density at radius 2 is 1.90 bits per heavy atom. The molecule has 1 amide bonds. The Balaban J connectivity index is 0.00000220. The van der Waals surface area contributed by atoms with E-state index in [2.05, 4.69) is 36.5 Å². The molecule has 1 atom stereocenters. The van der Waals surface area contributed by atoms with E-state index in [1.165, 1.54) is 5.56 Å². The second-order valence-corrected chi connectivity index (χ2v) is 6.37. The number of carbonyl (C=O) groups excluding carboxylic acids is 1. The third-order valence-electron chi connectivity index (χ3n) is 4.42. The minimum absolute atomic E-state index is 0. The Kier molecular flexibility index (Phi) is 6.24. The first-order valence-corrected chi connectivity index (χ1v) is 7.49. The fraction of sp³-hybridized carbons (Fsp3) is 0.588. The number of likely N-dealkylation sites (N-methyl/N-ethyl adjacent to an activating group) is 1. The van der Waals surface area contributed by atoms with E-state index >= 15 is 0 Å². The second-order valence-electron chi connectivity index (χ2n) is 6.37. The summed E-state index contributed by atoms with van der Waals surface area (Å²) in [6, 6.07) is 8.74. The zero-order chi connectivity index (χ0) is 14.8. The summed E-state index contributed by atoms with van der Waals surface area (Å²) in [6.07, 6.45) is 2.24. The number of piperidine rings is 1. The van der Waals surface area contributed by atoms with E-state index in [9.17, 15) is 4.79 Å². The number of halogens is 1. The minimum atomic E-state index is -0.455. The number of nitrogens with one attached hydrogen (secondary N) is 1.